The van der Waals surface area contributed by atoms with Gasteiger partial charge in [0.1, 0.15) is 0 Å². The number of aryl methyl sites for hydroxylation is 1. The molecule has 1 aliphatic rings. The van der Waals surface area contributed by atoms with Gasteiger partial charge in [-0.2, -0.15) is 5.10 Å². The minimum absolute atomic E-state index is 0. The van der Waals surface area contributed by atoms with Crippen LogP contribution in [0.5, 0.6) is 5.88 Å². The molecule has 0 saturated carbocycles. The number of likely N-dealkylation sites (tertiary alicyclic amines) is 1. The maximum Gasteiger partial charge on any atom is 0.217 e. The van der Waals surface area contributed by atoms with Crippen molar-refractivity contribution in [1.82, 2.24) is 19.7 Å². The Balaban J connectivity index is 0.00000192. The zero-order valence-electron chi connectivity index (χ0n) is 13.4. The van der Waals surface area contributed by atoms with Crippen molar-refractivity contribution in [3.63, 3.8) is 0 Å². The second-order valence-electron chi connectivity index (χ2n) is 5.86. The fourth-order valence-corrected chi connectivity index (χ4v) is 3.25. The molecule has 1 saturated heterocycles. The highest BCUT2D eigenvalue weighted by molar-refractivity contribution is 14.0. The van der Waals surface area contributed by atoms with Gasteiger partial charge >= 0.3 is 0 Å². The molecule has 0 unspecified atom stereocenters. The summed E-state index contributed by atoms with van der Waals surface area (Å²) in [6, 6.07) is 3.97. The van der Waals surface area contributed by atoms with E-state index in [0.29, 0.717) is 11.8 Å². The second kappa shape index (κ2) is 8.07. The molecule has 0 radical (unpaired) electrons. The predicted molar refractivity (Wildman–Crippen MR) is 98.0 cm³/mol. The van der Waals surface area contributed by atoms with Crippen LogP contribution in [-0.2, 0) is 13.6 Å². The summed E-state index contributed by atoms with van der Waals surface area (Å²) in [5.41, 5.74) is 2.27. The lowest BCUT2D eigenvalue weighted by atomic mass is 9.92. The van der Waals surface area contributed by atoms with E-state index in [2.05, 4.69) is 15.0 Å². The molecule has 0 aliphatic carbocycles. The summed E-state index contributed by atoms with van der Waals surface area (Å²) >= 11 is 0. The highest BCUT2D eigenvalue weighted by Gasteiger charge is 2.34. The number of methoxy groups -OCH3 is 1. The molecule has 3 heterocycles. The Morgan fingerprint density at radius 2 is 2.22 bits per heavy atom. The fraction of sp³-hybridized carbons (Fsp3) is 0.500. The van der Waals surface area contributed by atoms with E-state index in [-0.39, 0.29) is 36.5 Å². The number of rotatable bonds is 5. The van der Waals surface area contributed by atoms with E-state index < -0.39 is 0 Å². The van der Waals surface area contributed by atoms with Crippen LogP contribution in [0, 0.1) is 5.92 Å². The third-order valence-electron chi connectivity index (χ3n) is 4.34. The first kappa shape index (κ1) is 18.2. The van der Waals surface area contributed by atoms with Gasteiger partial charge in [0.05, 0.1) is 13.3 Å². The van der Waals surface area contributed by atoms with Crippen LogP contribution in [-0.4, -0.2) is 51.6 Å². The van der Waals surface area contributed by atoms with Crippen molar-refractivity contribution in [1.29, 1.82) is 0 Å². The average molecular weight is 430 g/mol. The molecular weight excluding hydrogens is 407 g/mol. The van der Waals surface area contributed by atoms with Gasteiger partial charge in [-0.3, -0.25) is 9.58 Å². The minimum Gasteiger partial charge on any atom is -0.481 e. The Morgan fingerprint density at radius 1 is 1.39 bits per heavy atom. The number of hydrogen-bond acceptors (Lipinski definition) is 5. The topological polar surface area (TPSA) is 63.4 Å². The Kier molecular flexibility index (Phi) is 6.37. The average Bonchev–Trinajstić information content (AvgIpc) is 3.13. The van der Waals surface area contributed by atoms with E-state index in [4.69, 9.17) is 4.74 Å². The summed E-state index contributed by atoms with van der Waals surface area (Å²) in [5, 5.41) is 14.0. The molecule has 1 aliphatic heterocycles. The number of pyridine rings is 1. The Labute approximate surface area is 153 Å². The molecule has 1 fully saturated rings. The van der Waals surface area contributed by atoms with Gasteiger partial charge in [0.2, 0.25) is 5.88 Å². The Hall–Kier alpha value is -1.19. The Bertz CT molecular complexity index is 634. The van der Waals surface area contributed by atoms with Crippen LogP contribution in [0.3, 0.4) is 0 Å². The first-order chi connectivity index (χ1) is 10.7. The van der Waals surface area contributed by atoms with Crippen LogP contribution in [0.4, 0.5) is 0 Å². The minimum atomic E-state index is 0. The number of aliphatic hydroxyl groups is 1. The molecule has 6 nitrogen and oxygen atoms in total. The summed E-state index contributed by atoms with van der Waals surface area (Å²) in [6.07, 6.45) is 5.68. The molecule has 23 heavy (non-hydrogen) atoms. The zero-order chi connectivity index (χ0) is 15.5. The maximum atomic E-state index is 9.70. The highest BCUT2D eigenvalue weighted by Crippen LogP contribution is 2.33. The van der Waals surface area contributed by atoms with Gasteiger partial charge in [0, 0.05) is 63.1 Å². The van der Waals surface area contributed by atoms with Crippen molar-refractivity contribution in [2.75, 3.05) is 26.8 Å². The third-order valence-corrected chi connectivity index (χ3v) is 4.34. The molecule has 126 valence electrons. The normalized spacial score (nSPS) is 21.2. The molecule has 2 aromatic heterocycles. The van der Waals surface area contributed by atoms with Gasteiger partial charge in [-0.05, 0) is 11.6 Å². The molecular formula is C16H23IN4O2. The van der Waals surface area contributed by atoms with Crippen molar-refractivity contribution < 1.29 is 9.84 Å². The van der Waals surface area contributed by atoms with E-state index in [9.17, 15) is 5.11 Å². The molecule has 0 spiro atoms. The highest BCUT2D eigenvalue weighted by atomic mass is 127. The van der Waals surface area contributed by atoms with Crippen LogP contribution in [0.25, 0.3) is 0 Å². The standard InChI is InChI=1S/C16H22N4O2.HI/c1-19-7-13(6-18-19)15-10-20(9-14(15)11-21)8-12-4-3-5-17-16(12)22-2;/h3-7,14-15,21H,8-11H2,1-2H3;1H/t14-,15-;/m0./s1. The second-order valence-corrected chi connectivity index (χ2v) is 5.86. The lowest BCUT2D eigenvalue weighted by molar-refractivity contribution is 0.213. The predicted octanol–water partition coefficient (Wildman–Crippen LogP) is 1.65. The van der Waals surface area contributed by atoms with Crippen LogP contribution in [0.15, 0.2) is 30.7 Å². The Morgan fingerprint density at radius 3 is 2.87 bits per heavy atom. The smallest absolute Gasteiger partial charge is 0.217 e. The van der Waals surface area contributed by atoms with Gasteiger partial charge in [-0.1, -0.05) is 6.07 Å². The van der Waals surface area contributed by atoms with E-state index in [1.807, 2.05) is 36.3 Å². The van der Waals surface area contributed by atoms with E-state index in [0.717, 1.165) is 25.2 Å². The lowest BCUT2D eigenvalue weighted by Crippen LogP contribution is -2.21. The summed E-state index contributed by atoms with van der Waals surface area (Å²) in [5.74, 6) is 1.24. The first-order valence-corrected chi connectivity index (χ1v) is 7.51. The molecule has 2 atom stereocenters. The van der Waals surface area contributed by atoms with E-state index in [1.165, 1.54) is 5.56 Å². The van der Waals surface area contributed by atoms with Gasteiger partial charge in [-0.15, -0.1) is 24.0 Å². The van der Waals surface area contributed by atoms with Crippen molar-refractivity contribution >= 4 is 24.0 Å². The number of aliphatic hydroxyl groups excluding tert-OH is 1. The summed E-state index contributed by atoms with van der Waals surface area (Å²) in [4.78, 5) is 6.59. The number of ether oxygens (including phenoxy) is 1. The largest absolute Gasteiger partial charge is 0.481 e. The molecule has 1 N–H and O–H groups in total. The summed E-state index contributed by atoms with van der Waals surface area (Å²) < 4.78 is 7.14. The van der Waals surface area contributed by atoms with Crippen LogP contribution < -0.4 is 4.74 Å². The van der Waals surface area contributed by atoms with Crippen LogP contribution in [0.1, 0.15) is 17.0 Å². The number of aromatic nitrogens is 3. The van der Waals surface area contributed by atoms with E-state index in [1.54, 1.807) is 13.3 Å². The lowest BCUT2D eigenvalue weighted by Gasteiger charge is -2.16. The van der Waals surface area contributed by atoms with Crippen molar-refractivity contribution in [2.45, 2.75) is 12.5 Å². The van der Waals surface area contributed by atoms with Crippen molar-refractivity contribution in [3.8, 4) is 5.88 Å². The molecule has 0 aromatic carbocycles. The molecule has 0 bridgehead atoms. The molecule has 3 rings (SSSR count). The van der Waals surface area contributed by atoms with Crippen LogP contribution >= 0.6 is 24.0 Å². The van der Waals surface area contributed by atoms with Gasteiger partial charge in [0.25, 0.3) is 0 Å². The first-order valence-electron chi connectivity index (χ1n) is 7.51. The maximum absolute atomic E-state index is 9.70. The summed E-state index contributed by atoms with van der Waals surface area (Å²) in [6.45, 7) is 2.76. The van der Waals surface area contributed by atoms with E-state index >= 15 is 0 Å². The SMILES string of the molecule is COc1ncccc1CN1C[C@@H](CO)[C@H](c2cnn(C)c2)C1.I. The quantitative estimate of drug-likeness (QED) is 0.732. The monoisotopic (exact) mass is 430 g/mol. The van der Waals surface area contributed by atoms with Gasteiger partial charge < -0.3 is 9.84 Å². The van der Waals surface area contributed by atoms with Gasteiger partial charge in [0.15, 0.2) is 0 Å². The number of nitrogens with zero attached hydrogens (tertiary/aromatic N) is 4. The van der Waals surface area contributed by atoms with Crippen molar-refractivity contribution in [3.05, 3.63) is 41.9 Å². The zero-order valence-corrected chi connectivity index (χ0v) is 15.8. The molecule has 2 aromatic rings. The number of hydrogen-bond donors (Lipinski definition) is 1. The third kappa shape index (κ3) is 4.02. The summed E-state index contributed by atoms with van der Waals surface area (Å²) in [7, 11) is 3.56. The fourth-order valence-electron chi connectivity index (χ4n) is 3.25. The van der Waals surface area contributed by atoms with Crippen LogP contribution in [0.2, 0.25) is 0 Å². The molecule has 0 amide bonds. The molecule has 7 heteroatoms. The number of halogens is 1. The van der Waals surface area contributed by atoms with Gasteiger partial charge in [-0.25, -0.2) is 4.98 Å². The van der Waals surface area contributed by atoms with Crippen molar-refractivity contribution in [2.24, 2.45) is 13.0 Å².